The number of piperidine rings is 1. The lowest BCUT2D eigenvalue weighted by atomic mass is 9.89. The fraction of sp³-hybridized carbons (Fsp3) is 0.848. The van der Waals surface area contributed by atoms with Crippen molar-refractivity contribution in [2.45, 2.75) is 182 Å². The van der Waals surface area contributed by atoms with Crippen LogP contribution in [0, 0.1) is 24.2 Å². The SMILES string of the molecule is CC[CH]CCCC(CCCC)CCCC(COC(=O)CCC(OCCCC/C=C\CC)OCCCC/C=C\CC)COC(=O)OCC1CCCN(CC)C1. The maximum absolute atomic E-state index is 13.1. The zero-order valence-electron chi connectivity index (χ0n) is 35.7. The van der Waals surface area contributed by atoms with Crippen LogP contribution in [0.25, 0.3) is 0 Å². The van der Waals surface area contributed by atoms with Crippen LogP contribution in [0.3, 0.4) is 0 Å². The van der Waals surface area contributed by atoms with Gasteiger partial charge in [-0.2, -0.15) is 0 Å². The van der Waals surface area contributed by atoms with E-state index < -0.39 is 12.4 Å². The van der Waals surface area contributed by atoms with E-state index in [-0.39, 0.29) is 31.5 Å². The summed E-state index contributed by atoms with van der Waals surface area (Å²) in [5, 5.41) is 0. The number of likely N-dealkylation sites (tertiary alicyclic amines) is 1. The summed E-state index contributed by atoms with van der Waals surface area (Å²) >= 11 is 0. The van der Waals surface area contributed by atoms with Crippen LogP contribution in [0.1, 0.15) is 176 Å². The van der Waals surface area contributed by atoms with Gasteiger partial charge in [0.25, 0.3) is 0 Å². The molecule has 1 heterocycles. The summed E-state index contributed by atoms with van der Waals surface area (Å²) in [6, 6.07) is 0. The predicted molar refractivity (Wildman–Crippen MR) is 223 cm³/mol. The molecule has 0 spiro atoms. The van der Waals surface area contributed by atoms with Gasteiger partial charge < -0.3 is 28.6 Å². The largest absolute Gasteiger partial charge is 0.508 e. The van der Waals surface area contributed by atoms with Gasteiger partial charge in [-0.1, -0.05) is 117 Å². The van der Waals surface area contributed by atoms with Gasteiger partial charge in [-0.3, -0.25) is 4.79 Å². The smallest absolute Gasteiger partial charge is 0.465 e. The maximum Gasteiger partial charge on any atom is 0.508 e. The molecule has 54 heavy (non-hydrogen) atoms. The van der Waals surface area contributed by atoms with Gasteiger partial charge in [0.1, 0.15) is 6.61 Å². The van der Waals surface area contributed by atoms with Crippen molar-refractivity contribution in [3.8, 4) is 0 Å². The molecule has 0 amide bonds. The summed E-state index contributed by atoms with van der Waals surface area (Å²) in [7, 11) is 0. The van der Waals surface area contributed by atoms with Crippen molar-refractivity contribution in [1.29, 1.82) is 0 Å². The molecule has 8 heteroatoms. The highest BCUT2D eigenvalue weighted by Gasteiger charge is 2.22. The summed E-state index contributed by atoms with van der Waals surface area (Å²) in [6.45, 7) is 16.1. The Morgan fingerprint density at radius 2 is 1.31 bits per heavy atom. The van der Waals surface area contributed by atoms with Gasteiger partial charge in [-0.05, 0) is 96.1 Å². The molecule has 1 saturated heterocycles. The van der Waals surface area contributed by atoms with Crippen molar-refractivity contribution >= 4 is 12.1 Å². The van der Waals surface area contributed by atoms with Crippen molar-refractivity contribution in [2.75, 3.05) is 52.7 Å². The third-order valence-electron chi connectivity index (χ3n) is 10.4. The van der Waals surface area contributed by atoms with Gasteiger partial charge >= 0.3 is 12.1 Å². The Morgan fingerprint density at radius 3 is 1.96 bits per heavy atom. The first-order valence-corrected chi connectivity index (χ1v) is 22.5. The molecule has 1 radical (unpaired) electrons. The highest BCUT2D eigenvalue weighted by molar-refractivity contribution is 5.69. The van der Waals surface area contributed by atoms with E-state index in [9.17, 15) is 9.59 Å². The molecule has 1 fully saturated rings. The first-order valence-electron chi connectivity index (χ1n) is 22.5. The van der Waals surface area contributed by atoms with Gasteiger partial charge in [-0.15, -0.1) is 0 Å². The molecule has 0 aromatic carbocycles. The van der Waals surface area contributed by atoms with E-state index in [0.29, 0.717) is 38.1 Å². The Bertz CT molecular complexity index is 901. The molecule has 3 atom stereocenters. The number of hydrogen-bond acceptors (Lipinski definition) is 8. The minimum absolute atomic E-state index is 0.0705. The van der Waals surface area contributed by atoms with E-state index in [0.717, 1.165) is 110 Å². The summed E-state index contributed by atoms with van der Waals surface area (Å²) in [6.07, 6.45) is 33.0. The Kier molecular flexibility index (Phi) is 34.1. The second-order valence-corrected chi connectivity index (χ2v) is 15.4. The number of hydrogen-bond donors (Lipinski definition) is 0. The molecule has 8 nitrogen and oxygen atoms in total. The number of allylic oxidation sites excluding steroid dienone is 4. The average Bonchev–Trinajstić information content (AvgIpc) is 3.19. The van der Waals surface area contributed by atoms with Gasteiger partial charge in [0.2, 0.25) is 0 Å². The van der Waals surface area contributed by atoms with E-state index in [1.165, 1.54) is 38.5 Å². The number of rotatable bonds is 36. The van der Waals surface area contributed by atoms with E-state index in [1.54, 1.807) is 0 Å². The molecule has 0 bridgehead atoms. The van der Waals surface area contributed by atoms with Crippen molar-refractivity contribution in [2.24, 2.45) is 17.8 Å². The van der Waals surface area contributed by atoms with Crippen LogP contribution >= 0.6 is 0 Å². The molecule has 0 aromatic heterocycles. The second-order valence-electron chi connectivity index (χ2n) is 15.4. The highest BCUT2D eigenvalue weighted by Crippen LogP contribution is 2.25. The number of ether oxygens (including phenoxy) is 5. The second kappa shape index (κ2) is 36.7. The average molecular weight is 763 g/mol. The molecule has 0 aliphatic carbocycles. The number of carbonyl (C=O) groups is 2. The Labute approximate surface area is 332 Å². The predicted octanol–water partition coefficient (Wildman–Crippen LogP) is 12.2. The minimum atomic E-state index is -0.618. The molecule has 0 saturated carbocycles. The topological polar surface area (TPSA) is 83.5 Å². The lowest BCUT2D eigenvalue weighted by Gasteiger charge is -2.31. The van der Waals surface area contributed by atoms with Gasteiger partial charge in [0.15, 0.2) is 6.29 Å². The lowest BCUT2D eigenvalue weighted by Crippen LogP contribution is -2.37. The van der Waals surface area contributed by atoms with Crippen LogP contribution in [-0.4, -0.2) is 76.0 Å². The molecule has 0 aromatic rings. The molecule has 0 N–H and O–H groups in total. The Hall–Kier alpha value is -1.90. The van der Waals surface area contributed by atoms with E-state index in [4.69, 9.17) is 23.7 Å². The normalized spacial score (nSPS) is 16.4. The number of unbranched alkanes of at least 4 members (excludes halogenated alkanes) is 8. The number of nitrogens with zero attached hydrogens (tertiary/aromatic N) is 1. The molecule has 1 aliphatic heterocycles. The van der Waals surface area contributed by atoms with Crippen LogP contribution in [0.15, 0.2) is 24.3 Å². The fourth-order valence-electron chi connectivity index (χ4n) is 7.04. The summed E-state index contributed by atoms with van der Waals surface area (Å²) in [4.78, 5) is 28.1. The first-order chi connectivity index (χ1) is 26.4. The minimum Gasteiger partial charge on any atom is -0.465 e. The zero-order chi connectivity index (χ0) is 39.3. The van der Waals surface area contributed by atoms with Crippen LogP contribution in [0.2, 0.25) is 0 Å². The lowest BCUT2D eigenvalue weighted by molar-refractivity contribution is -0.160. The Balaban J connectivity index is 2.70. The third-order valence-corrected chi connectivity index (χ3v) is 10.4. The molecule has 1 rings (SSSR count). The molecular weight excluding hydrogens is 679 g/mol. The van der Waals surface area contributed by atoms with Crippen LogP contribution in [-0.2, 0) is 28.5 Å². The van der Waals surface area contributed by atoms with Crippen molar-refractivity contribution in [1.82, 2.24) is 4.90 Å². The van der Waals surface area contributed by atoms with E-state index in [2.05, 4.69) is 70.2 Å². The van der Waals surface area contributed by atoms with Crippen LogP contribution in [0.5, 0.6) is 0 Å². The molecule has 3 unspecified atom stereocenters. The summed E-state index contributed by atoms with van der Waals surface area (Å²) in [5.41, 5.74) is 0. The quantitative estimate of drug-likeness (QED) is 0.0270. The van der Waals surface area contributed by atoms with Crippen molar-refractivity contribution in [3.05, 3.63) is 30.7 Å². The zero-order valence-corrected chi connectivity index (χ0v) is 35.7. The van der Waals surface area contributed by atoms with E-state index >= 15 is 0 Å². The molecular formula is C46H84NO7. The number of carbonyl (C=O) groups excluding carboxylic acids is 2. The summed E-state index contributed by atoms with van der Waals surface area (Å²) < 4.78 is 29.3. The van der Waals surface area contributed by atoms with Gasteiger partial charge in [0, 0.05) is 38.0 Å². The van der Waals surface area contributed by atoms with E-state index in [1.807, 2.05) is 0 Å². The highest BCUT2D eigenvalue weighted by atomic mass is 16.7. The van der Waals surface area contributed by atoms with Crippen LogP contribution in [0.4, 0.5) is 4.79 Å². The molecule has 315 valence electrons. The standard InChI is InChI=1S/C46H84NO7/c1-6-11-15-18-20-23-35-50-45(51-36-24-21-19-16-12-7-2)33-32-44(48)52-39-43(30-25-29-41(27-14-9-4)28-22-17-13-8-3)40-54-46(49)53-38-42-31-26-34-47(10-5)37-42/h11-13,15-16,41-43,45H,6-10,14,17-40H2,1-5H3/b15-11-,16-12-. The Morgan fingerprint density at radius 1 is 0.667 bits per heavy atom. The number of esters is 1. The van der Waals surface area contributed by atoms with Gasteiger partial charge in [-0.25, -0.2) is 4.79 Å². The van der Waals surface area contributed by atoms with Crippen LogP contribution < -0.4 is 0 Å². The van der Waals surface area contributed by atoms with Crippen molar-refractivity contribution in [3.63, 3.8) is 0 Å². The fourth-order valence-corrected chi connectivity index (χ4v) is 7.04. The third kappa shape index (κ3) is 29.4. The van der Waals surface area contributed by atoms with Gasteiger partial charge in [0.05, 0.1) is 19.6 Å². The first kappa shape index (κ1) is 50.1. The molecule has 1 aliphatic rings. The summed E-state index contributed by atoms with van der Waals surface area (Å²) in [5.74, 6) is 0.722. The maximum atomic E-state index is 13.1. The van der Waals surface area contributed by atoms with Crippen molar-refractivity contribution < 1.29 is 33.3 Å². The monoisotopic (exact) mass is 763 g/mol.